The molecule has 0 aliphatic heterocycles. The zero-order chi connectivity index (χ0) is 16.9. The van der Waals surface area contributed by atoms with Crippen LogP contribution < -0.4 is 10.1 Å². The van der Waals surface area contributed by atoms with E-state index in [1.807, 2.05) is 48.7 Å². The number of hydrogen-bond acceptors (Lipinski definition) is 5. The monoisotopic (exact) mass is 342 g/mol. The number of amides is 1. The van der Waals surface area contributed by atoms with Crippen LogP contribution in [0.15, 0.2) is 52.4 Å². The Balaban J connectivity index is 1.64. The van der Waals surface area contributed by atoms with Crippen LogP contribution in [-0.2, 0) is 6.42 Å². The lowest BCUT2D eigenvalue weighted by Crippen LogP contribution is -2.33. The summed E-state index contributed by atoms with van der Waals surface area (Å²) in [6, 6.07) is 13.2. The molecule has 0 spiro atoms. The van der Waals surface area contributed by atoms with E-state index in [1.165, 1.54) is 0 Å². The van der Waals surface area contributed by atoms with Crippen molar-refractivity contribution in [2.24, 2.45) is 0 Å². The fraction of sp³-hybridized carbons (Fsp3) is 0.222. The molecule has 2 heterocycles. The molecule has 1 amide bonds. The minimum Gasteiger partial charge on any atom is -0.496 e. The predicted molar refractivity (Wildman–Crippen MR) is 93.4 cm³/mol. The van der Waals surface area contributed by atoms with Gasteiger partial charge in [-0.15, -0.1) is 11.3 Å². The number of carbonyl (C=O) groups is 1. The van der Waals surface area contributed by atoms with Gasteiger partial charge >= 0.3 is 0 Å². The van der Waals surface area contributed by atoms with E-state index in [9.17, 15) is 4.79 Å². The molecule has 1 aromatic carbocycles. The fourth-order valence-corrected chi connectivity index (χ4v) is 3.15. The molecular formula is C18H18N2O3S. The average Bonchev–Trinajstić information content (AvgIpc) is 3.26. The van der Waals surface area contributed by atoms with Gasteiger partial charge in [0.1, 0.15) is 11.4 Å². The van der Waals surface area contributed by atoms with Gasteiger partial charge in [0.25, 0.3) is 5.91 Å². The first-order valence-corrected chi connectivity index (χ1v) is 8.48. The maximum absolute atomic E-state index is 12.3. The number of hydrogen-bond donors (Lipinski definition) is 1. The molecule has 5 nitrogen and oxygen atoms in total. The van der Waals surface area contributed by atoms with Crippen LogP contribution >= 0.6 is 11.3 Å². The van der Waals surface area contributed by atoms with Gasteiger partial charge in [-0.1, -0.05) is 29.4 Å². The SMILES string of the molecule is COc1ccccc1C[C@@H](C)NC(=O)c1cc(-c2cccs2)no1. The van der Waals surface area contributed by atoms with E-state index in [-0.39, 0.29) is 17.7 Å². The summed E-state index contributed by atoms with van der Waals surface area (Å²) in [5.74, 6) is 0.760. The summed E-state index contributed by atoms with van der Waals surface area (Å²) >= 11 is 1.55. The number of ether oxygens (including phenoxy) is 1. The van der Waals surface area contributed by atoms with Crippen LogP contribution in [0.1, 0.15) is 23.0 Å². The fourth-order valence-electron chi connectivity index (χ4n) is 2.47. The van der Waals surface area contributed by atoms with Crippen LogP contribution in [0.4, 0.5) is 0 Å². The quantitative estimate of drug-likeness (QED) is 0.740. The summed E-state index contributed by atoms with van der Waals surface area (Å²) in [4.78, 5) is 13.3. The number of benzene rings is 1. The van der Waals surface area contributed by atoms with Crippen molar-refractivity contribution in [1.82, 2.24) is 10.5 Å². The first kappa shape index (κ1) is 16.3. The third kappa shape index (κ3) is 3.65. The van der Waals surface area contributed by atoms with Crippen LogP contribution in [-0.4, -0.2) is 24.2 Å². The number of carbonyl (C=O) groups excluding carboxylic acids is 1. The lowest BCUT2D eigenvalue weighted by Gasteiger charge is -2.14. The molecule has 6 heteroatoms. The lowest BCUT2D eigenvalue weighted by atomic mass is 10.1. The molecule has 0 aliphatic carbocycles. The third-order valence-electron chi connectivity index (χ3n) is 3.60. The molecule has 0 saturated carbocycles. The van der Waals surface area contributed by atoms with Gasteiger partial charge in [0.05, 0.1) is 12.0 Å². The van der Waals surface area contributed by atoms with Crippen molar-refractivity contribution in [3.8, 4) is 16.3 Å². The van der Waals surface area contributed by atoms with E-state index in [0.717, 1.165) is 16.2 Å². The Labute approximate surface area is 144 Å². The highest BCUT2D eigenvalue weighted by Gasteiger charge is 2.17. The summed E-state index contributed by atoms with van der Waals surface area (Å²) in [5.41, 5.74) is 1.72. The second kappa shape index (κ2) is 7.31. The molecular weight excluding hydrogens is 324 g/mol. The highest BCUT2D eigenvalue weighted by Crippen LogP contribution is 2.24. The molecule has 124 valence electrons. The number of para-hydroxylation sites is 1. The summed E-state index contributed by atoms with van der Waals surface area (Å²) in [6.07, 6.45) is 0.668. The van der Waals surface area contributed by atoms with Gasteiger partial charge in [0.2, 0.25) is 5.76 Å². The van der Waals surface area contributed by atoms with E-state index in [4.69, 9.17) is 9.26 Å². The van der Waals surface area contributed by atoms with Crippen molar-refractivity contribution in [1.29, 1.82) is 0 Å². The van der Waals surface area contributed by atoms with Crippen molar-refractivity contribution in [2.75, 3.05) is 7.11 Å². The Hall–Kier alpha value is -2.60. The van der Waals surface area contributed by atoms with Gasteiger partial charge in [-0.2, -0.15) is 0 Å². The van der Waals surface area contributed by atoms with E-state index in [2.05, 4.69) is 10.5 Å². The van der Waals surface area contributed by atoms with Crippen molar-refractivity contribution in [2.45, 2.75) is 19.4 Å². The topological polar surface area (TPSA) is 64.4 Å². The minimum absolute atomic E-state index is 0.0657. The molecule has 0 bridgehead atoms. The first-order valence-electron chi connectivity index (χ1n) is 7.60. The maximum atomic E-state index is 12.3. The van der Waals surface area contributed by atoms with Crippen LogP contribution in [0, 0.1) is 0 Å². The van der Waals surface area contributed by atoms with E-state index in [0.29, 0.717) is 12.1 Å². The summed E-state index contributed by atoms with van der Waals surface area (Å²) < 4.78 is 10.5. The zero-order valence-electron chi connectivity index (χ0n) is 13.5. The van der Waals surface area contributed by atoms with Gasteiger partial charge in [0.15, 0.2) is 0 Å². The third-order valence-corrected chi connectivity index (χ3v) is 4.50. The Morgan fingerprint density at radius 3 is 2.92 bits per heavy atom. The Morgan fingerprint density at radius 1 is 1.33 bits per heavy atom. The van der Waals surface area contributed by atoms with Gasteiger partial charge < -0.3 is 14.6 Å². The molecule has 0 saturated heterocycles. The van der Waals surface area contributed by atoms with Gasteiger partial charge in [-0.3, -0.25) is 4.79 Å². The van der Waals surface area contributed by atoms with Gasteiger partial charge in [-0.25, -0.2) is 0 Å². The lowest BCUT2D eigenvalue weighted by molar-refractivity contribution is 0.0903. The van der Waals surface area contributed by atoms with E-state index in [1.54, 1.807) is 24.5 Å². The molecule has 2 aromatic heterocycles. The predicted octanol–water partition coefficient (Wildman–Crippen LogP) is 3.77. The standard InChI is InChI=1S/C18H18N2O3S/c1-12(10-13-6-3-4-7-15(13)22-2)19-18(21)16-11-14(20-23-16)17-8-5-9-24-17/h3-9,11-12H,10H2,1-2H3,(H,19,21)/t12-/m1/s1. The number of nitrogens with zero attached hydrogens (tertiary/aromatic N) is 1. The molecule has 24 heavy (non-hydrogen) atoms. The zero-order valence-corrected chi connectivity index (χ0v) is 14.3. The summed E-state index contributed by atoms with van der Waals surface area (Å²) in [7, 11) is 1.64. The number of rotatable bonds is 6. The summed E-state index contributed by atoms with van der Waals surface area (Å²) in [6.45, 7) is 1.95. The smallest absolute Gasteiger partial charge is 0.290 e. The van der Waals surface area contributed by atoms with E-state index < -0.39 is 0 Å². The Morgan fingerprint density at radius 2 is 2.17 bits per heavy atom. The Kier molecular flexibility index (Phi) is 4.96. The number of thiophene rings is 1. The van der Waals surface area contributed by atoms with Crippen molar-refractivity contribution in [3.05, 3.63) is 59.2 Å². The number of nitrogens with one attached hydrogen (secondary N) is 1. The highest BCUT2D eigenvalue weighted by molar-refractivity contribution is 7.13. The summed E-state index contributed by atoms with van der Waals surface area (Å²) in [5, 5.41) is 8.84. The second-order valence-corrected chi connectivity index (χ2v) is 6.39. The molecule has 1 N–H and O–H groups in total. The molecule has 0 unspecified atom stereocenters. The highest BCUT2D eigenvalue weighted by atomic mass is 32.1. The van der Waals surface area contributed by atoms with Gasteiger partial charge in [-0.05, 0) is 36.4 Å². The van der Waals surface area contributed by atoms with E-state index >= 15 is 0 Å². The molecule has 3 aromatic rings. The van der Waals surface area contributed by atoms with Crippen molar-refractivity contribution >= 4 is 17.2 Å². The molecule has 0 fully saturated rings. The second-order valence-electron chi connectivity index (χ2n) is 5.44. The molecule has 1 atom stereocenters. The van der Waals surface area contributed by atoms with Gasteiger partial charge in [0, 0.05) is 12.1 Å². The van der Waals surface area contributed by atoms with Crippen LogP contribution in [0.3, 0.4) is 0 Å². The first-order chi connectivity index (χ1) is 11.7. The molecule has 0 aliphatic rings. The number of aromatic nitrogens is 1. The minimum atomic E-state index is -0.271. The maximum Gasteiger partial charge on any atom is 0.290 e. The number of methoxy groups -OCH3 is 1. The van der Waals surface area contributed by atoms with Crippen molar-refractivity contribution in [3.63, 3.8) is 0 Å². The largest absolute Gasteiger partial charge is 0.496 e. The van der Waals surface area contributed by atoms with Crippen LogP contribution in [0.25, 0.3) is 10.6 Å². The van der Waals surface area contributed by atoms with Crippen LogP contribution in [0.2, 0.25) is 0 Å². The van der Waals surface area contributed by atoms with Crippen LogP contribution in [0.5, 0.6) is 5.75 Å². The van der Waals surface area contributed by atoms with Crippen molar-refractivity contribution < 1.29 is 14.1 Å². The molecule has 3 rings (SSSR count). The average molecular weight is 342 g/mol. The Bertz CT molecular complexity index is 811. The normalized spacial score (nSPS) is 11.9. The molecule has 0 radical (unpaired) electrons.